The summed E-state index contributed by atoms with van der Waals surface area (Å²) in [5.41, 5.74) is 1.20. The molecule has 0 bridgehead atoms. The van der Waals surface area contributed by atoms with E-state index in [4.69, 9.17) is 0 Å². The zero-order valence-electron chi connectivity index (χ0n) is 14.1. The van der Waals surface area contributed by atoms with Gasteiger partial charge < -0.3 is 20.6 Å². The van der Waals surface area contributed by atoms with E-state index in [1.54, 1.807) is 4.90 Å². The molecule has 4 N–H and O–H groups in total. The average Bonchev–Trinajstić information content (AvgIpc) is 2.84. The molecule has 1 aromatic carbocycles. The lowest BCUT2D eigenvalue weighted by atomic mass is 10.1. The normalized spacial score (nSPS) is 27.3. The van der Waals surface area contributed by atoms with Gasteiger partial charge in [-0.25, -0.2) is 0 Å². The lowest BCUT2D eigenvalue weighted by molar-refractivity contribution is -0.129. The van der Waals surface area contributed by atoms with E-state index in [1.807, 2.05) is 37.3 Å². The summed E-state index contributed by atoms with van der Waals surface area (Å²) in [6, 6.07) is 8.58. The number of carbonyl (C=O) groups excluding carboxylic acids is 1. The van der Waals surface area contributed by atoms with Gasteiger partial charge >= 0.3 is 0 Å². The van der Waals surface area contributed by atoms with Crippen LogP contribution in [0.25, 0.3) is 0 Å². The van der Waals surface area contributed by atoms with E-state index < -0.39 is 24.3 Å². The van der Waals surface area contributed by atoms with Gasteiger partial charge in [-0.3, -0.25) is 9.69 Å². The molecule has 0 aliphatic carbocycles. The van der Waals surface area contributed by atoms with Crippen LogP contribution in [0.3, 0.4) is 0 Å². The summed E-state index contributed by atoms with van der Waals surface area (Å²) in [5.74, 6) is -0.293. The number of benzene rings is 1. The average molecular weight is 336 g/mol. The van der Waals surface area contributed by atoms with Gasteiger partial charge in [0.1, 0.15) is 12.1 Å². The van der Waals surface area contributed by atoms with Gasteiger partial charge in [0.25, 0.3) is 0 Å². The molecule has 1 aromatic rings. The summed E-state index contributed by atoms with van der Waals surface area (Å²) >= 11 is 0. The van der Waals surface area contributed by atoms with E-state index in [-0.39, 0.29) is 12.5 Å². The van der Waals surface area contributed by atoms with Gasteiger partial charge in [0.05, 0.1) is 18.8 Å². The van der Waals surface area contributed by atoms with E-state index in [2.05, 4.69) is 5.32 Å². The first kappa shape index (κ1) is 18.9. The Kier molecular flexibility index (Phi) is 7.17. The van der Waals surface area contributed by atoms with Crippen LogP contribution in [-0.2, 0) is 11.2 Å². The fourth-order valence-corrected chi connectivity index (χ4v) is 3.30. The van der Waals surface area contributed by atoms with Crippen LogP contribution >= 0.6 is 0 Å². The summed E-state index contributed by atoms with van der Waals surface area (Å²) < 4.78 is 0. The van der Waals surface area contributed by atoms with Gasteiger partial charge in [0, 0.05) is 6.54 Å². The lowest BCUT2D eigenvalue weighted by Gasteiger charge is -2.28. The zero-order valence-corrected chi connectivity index (χ0v) is 14.1. The summed E-state index contributed by atoms with van der Waals surface area (Å²) in [5, 5.41) is 32.8. The minimum atomic E-state index is -1.18. The monoisotopic (exact) mass is 336 g/mol. The number of aliphatic hydroxyl groups is 3. The molecule has 1 aliphatic heterocycles. The van der Waals surface area contributed by atoms with Crippen LogP contribution in [0.5, 0.6) is 0 Å². The van der Waals surface area contributed by atoms with Crippen LogP contribution in [0.4, 0.5) is 0 Å². The maximum atomic E-state index is 12.4. The zero-order chi connectivity index (χ0) is 17.5. The fourth-order valence-electron chi connectivity index (χ4n) is 3.30. The minimum absolute atomic E-state index is 0.291. The van der Waals surface area contributed by atoms with E-state index in [0.29, 0.717) is 13.1 Å². The van der Waals surface area contributed by atoms with Crippen LogP contribution in [0.15, 0.2) is 30.3 Å². The number of nitrogens with zero attached hydrogens (tertiary/aromatic N) is 1. The van der Waals surface area contributed by atoms with Crippen LogP contribution in [0.1, 0.15) is 25.3 Å². The lowest BCUT2D eigenvalue weighted by Crippen LogP contribution is -2.50. The summed E-state index contributed by atoms with van der Waals surface area (Å²) in [7, 11) is 0. The molecule has 6 nitrogen and oxygen atoms in total. The highest BCUT2D eigenvalue weighted by atomic mass is 16.3. The van der Waals surface area contributed by atoms with E-state index >= 15 is 0 Å². The Morgan fingerprint density at radius 1 is 1.21 bits per heavy atom. The molecule has 0 aromatic heterocycles. The molecule has 1 fully saturated rings. The van der Waals surface area contributed by atoms with Crippen LogP contribution in [-0.4, -0.2) is 70.1 Å². The molecule has 0 radical (unpaired) electrons. The van der Waals surface area contributed by atoms with E-state index in [0.717, 1.165) is 19.3 Å². The van der Waals surface area contributed by atoms with Gasteiger partial charge in [-0.1, -0.05) is 37.3 Å². The van der Waals surface area contributed by atoms with Crippen LogP contribution < -0.4 is 5.32 Å². The molecule has 0 saturated carbocycles. The summed E-state index contributed by atoms with van der Waals surface area (Å²) in [4.78, 5) is 14.1. The molecule has 1 amide bonds. The smallest absolute Gasteiger partial charge is 0.240 e. The minimum Gasteiger partial charge on any atom is -0.395 e. The molecule has 4 atom stereocenters. The predicted octanol–water partition coefficient (Wildman–Crippen LogP) is -0.0877. The Bertz CT molecular complexity index is 511. The number of likely N-dealkylation sites (tertiary alicyclic amines) is 1. The quantitative estimate of drug-likeness (QED) is 0.533. The fraction of sp³-hybridized carbons (Fsp3) is 0.611. The van der Waals surface area contributed by atoms with Crippen molar-refractivity contribution in [3.05, 3.63) is 35.9 Å². The highest BCUT2D eigenvalue weighted by Crippen LogP contribution is 2.26. The number of aliphatic hydroxyl groups excluding tert-OH is 3. The van der Waals surface area contributed by atoms with Crippen molar-refractivity contribution in [3.8, 4) is 0 Å². The number of hydrogen-bond donors (Lipinski definition) is 4. The molecule has 24 heavy (non-hydrogen) atoms. The molecule has 134 valence electrons. The van der Waals surface area contributed by atoms with Crippen molar-refractivity contribution in [2.45, 2.75) is 50.5 Å². The first-order chi connectivity index (χ1) is 11.6. The number of carbonyl (C=O) groups is 1. The first-order valence-electron chi connectivity index (χ1n) is 8.64. The number of aryl methyl sites for hydroxylation is 1. The Labute approximate surface area is 143 Å². The third-order valence-corrected chi connectivity index (χ3v) is 4.58. The highest BCUT2D eigenvalue weighted by molar-refractivity contribution is 5.83. The standard InChI is InChI=1S/C18H28N2O4/c1-2-10-19-18(24)15-17(23)16(22)14(12-21)20(15)11-6-9-13-7-4-3-5-8-13/h3-5,7-8,14-17,21-23H,2,6,9-12H2,1H3,(H,19,24)/t14-,15+,16-,17+/m1/s1. The Morgan fingerprint density at radius 3 is 2.54 bits per heavy atom. The van der Waals surface area contributed by atoms with Gasteiger partial charge in [0.2, 0.25) is 5.91 Å². The predicted molar refractivity (Wildman–Crippen MR) is 91.4 cm³/mol. The molecular formula is C18H28N2O4. The molecule has 1 saturated heterocycles. The Balaban J connectivity index is 2.02. The second-order valence-electron chi connectivity index (χ2n) is 6.29. The second-order valence-corrected chi connectivity index (χ2v) is 6.29. The number of hydrogen-bond acceptors (Lipinski definition) is 5. The Morgan fingerprint density at radius 2 is 1.92 bits per heavy atom. The first-order valence-corrected chi connectivity index (χ1v) is 8.64. The van der Waals surface area contributed by atoms with Gasteiger partial charge in [0.15, 0.2) is 0 Å². The topological polar surface area (TPSA) is 93.0 Å². The summed E-state index contributed by atoms with van der Waals surface area (Å²) in [6.45, 7) is 2.72. The highest BCUT2D eigenvalue weighted by Gasteiger charge is 2.50. The van der Waals surface area contributed by atoms with Crippen molar-refractivity contribution in [1.82, 2.24) is 10.2 Å². The van der Waals surface area contributed by atoms with Crippen molar-refractivity contribution < 1.29 is 20.1 Å². The van der Waals surface area contributed by atoms with Crippen molar-refractivity contribution in [3.63, 3.8) is 0 Å². The van der Waals surface area contributed by atoms with E-state index in [1.165, 1.54) is 5.56 Å². The van der Waals surface area contributed by atoms with Gasteiger partial charge in [-0.2, -0.15) is 0 Å². The Hall–Kier alpha value is -1.47. The molecule has 6 heteroatoms. The van der Waals surface area contributed by atoms with Crippen molar-refractivity contribution in [2.75, 3.05) is 19.7 Å². The summed E-state index contributed by atoms with van der Waals surface area (Å²) in [6.07, 6.45) is 0.108. The molecule has 0 unspecified atom stereocenters. The molecule has 1 aliphatic rings. The maximum Gasteiger partial charge on any atom is 0.240 e. The van der Waals surface area contributed by atoms with E-state index in [9.17, 15) is 20.1 Å². The van der Waals surface area contributed by atoms with Crippen LogP contribution in [0.2, 0.25) is 0 Å². The van der Waals surface area contributed by atoms with Gasteiger partial charge in [-0.15, -0.1) is 0 Å². The molecule has 2 rings (SSSR count). The molecule has 1 heterocycles. The third kappa shape index (κ3) is 4.33. The van der Waals surface area contributed by atoms with Crippen LogP contribution in [0, 0.1) is 0 Å². The largest absolute Gasteiger partial charge is 0.395 e. The maximum absolute atomic E-state index is 12.4. The SMILES string of the molecule is CCCNC(=O)[C@@H]1[C@H](O)[C@H](O)[C@@H](CO)N1CCCc1ccccc1. The molecule has 0 spiro atoms. The molecular weight excluding hydrogens is 308 g/mol. The number of nitrogens with one attached hydrogen (secondary N) is 1. The number of amides is 1. The van der Waals surface area contributed by atoms with Crippen molar-refractivity contribution >= 4 is 5.91 Å². The van der Waals surface area contributed by atoms with Crippen molar-refractivity contribution in [2.24, 2.45) is 0 Å². The third-order valence-electron chi connectivity index (χ3n) is 4.58. The number of rotatable bonds is 8. The van der Waals surface area contributed by atoms with Gasteiger partial charge in [-0.05, 0) is 31.4 Å². The van der Waals surface area contributed by atoms with Crippen molar-refractivity contribution in [1.29, 1.82) is 0 Å². The second kappa shape index (κ2) is 9.13.